The number of rotatable bonds is 6. The lowest BCUT2D eigenvalue weighted by atomic mass is 9.88. The van der Waals surface area contributed by atoms with Gasteiger partial charge in [-0.2, -0.15) is 0 Å². The van der Waals surface area contributed by atoms with Crippen LogP contribution in [0.1, 0.15) is 38.5 Å². The van der Waals surface area contributed by atoms with E-state index >= 15 is 0 Å². The molecule has 96 valence electrons. The maximum Gasteiger partial charge on any atom is 0.187 e. The fourth-order valence-corrected chi connectivity index (χ4v) is 5.41. The third-order valence-electron chi connectivity index (χ3n) is 3.49. The number of aliphatic hydroxyl groups is 2. The molecule has 0 aromatic rings. The first-order valence-electron chi connectivity index (χ1n) is 6.45. The Morgan fingerprint density at radius 1 is 1.12 bits per heavy atom. The lowest BCUT2D eigenvalue weighted by molar-refractivity contribution is 0.00671. The van der Waals surface area contributed by atoms with Gasteiger partial charge < -0.3 is 14.6 Å². The standard InChI is InChI=1S/C12H26O3Si/c1-16(2)11-5-8-12(15-16,6-3-9-13)7-4-10-14/h13-14H,3-11H2,1-2H3. The summed E-state index contributed by atoms with van der Waals surface area (Å²) in [5.41, 5.74) is -0.0422. The molecule has 0 spiro atoms. The van der Waals surface area contributed by atoms with Crippen LogP contribution in [-0.2, 0) is 4.43 Å². The largest absolute Gasteiger partial charge is 0.412 e. The summed E-state index contributed by atoms with van der Waals surface area (Å²) in [7, 11) is -1.49. The predicted octanol–water partition coefficient (Wildman–Crippen LogP) is 2.29. The Labute approximate surface area is 100.0 Å². The molecule has 0 aromatic carbocycles. The van der Waals surface area contributed by atoms with Gasteiger partial charge >= 0.3 is 0 Å². The highest BCUT2D eigenvalue weighted by Crippen LogP contribution is 2.39. The first-order valence-corrected chi connectivity index (χ1v) is 9.57. The fraction of sp³-hybridized carbons (Fsp3) is 1.00. The maximum absolute atomic E-state index is 8.97. The third kappa shape index (κ3) is 4.16. The third-order valence-corrected chi connectivity index (χ3v) is 6.03. The van der Waals surface area contributed by atoms with Gasteiger partial charge in [0.05, 0.1) is 5.60 Å². The Hall–Kier alpha value is 0.0969. The van der Waals surface area contributed by atoms with E-state index in [2.05, 4.69) is 13.1 Å². The molecule has 2 N–H and O–H groups in total. The lowest BCUT2D eigenvalue weighted by Crippen LogP contribution is -2.48. The minimum Gasteiger partial charge on any atom is -0.412 e. The van der Waals surface area contributed by atoms with Crippen molar-refractivity contribution in [1.29, 1.82) is 0 Å². The van der Waals surface area contributed by atoms with Crippen molar-refractivity contribution in [2.75, 3.05) is 13.2 Å². The van der Waals surface area contributed by atoms with Crippen molar-refractivity contribution >= 4 is 8.32 Å². The summed E-state index contributed by atoms with van der Waals surface area (Å²) in [6.07, 6.45) is 5.87. The van der Waals surface area contributed by atoms with Gasteiger partial charge in [-0.15, -0.1) is 0 Å². The minimum atomic E-state index is -1.49. The van der Waals surface area contributed by atoms with Crippen molar-refractivity contribution in [3.05, 3.63) is 0 Å². The summed E-state index contributed by atoms with van der Waals surface area (Å²) in [5.74, 6) is 0. The molecular formula is C12H26O3Si. The van der Waals surface area contributed by atoms with Gasteiger partial charge in [0.1, 0.15) is 0 Å². The summed E-state index contributed by atoms with van der Waals surface area (Å²) < 4.78 is 6.38. The molecule has 3 nitrogen and oxygen atoms in total. The molecule has 1 heterocycles. The molecule has 0 amide bonds. The van der Waals surface area contributed by atoms with E-state index in [1.165, 1.54) is 12.5 Å². The number of aliphatic hydroxyl groups excluding tert-OH is 2. The Morgan fingerprint density at radius 2 is 1.69 bits per heavy atom. The van der Waals surface area contributed by atoms with Gasteiger partial charge in [0.25, 0.3) is 0 Å². The van der Waals surface area contributed by atoms with E-state index in [-0.39, 0.29) is 18.8 Å². The van der Waals surface area contributed by atoms with E-state index in [4.69, 9.17) is 14.6 Å². The molecule has 0 aromatic heterocycles. The Kier molecular flexibility index (Phi) is 5.44. The van der Waals surface area contributed by atoms with Crippen molar-refractivity contribution in [3.63, 3.8) is 0 Å². The molecular weight excluding hydrogens is 220 g/mol. The average molecular weight is 246 g/mol. The molecule has 1 saturated heterocycles. The highest BCUT2D eigenvalue weighted by Gasteiger charge is 2.40. The number of hydrogen-bond donors (Lipinski definition) is 2. The highest BCUT2D eigenvalue weighted by atomic mass is 28.4. The van der Waals surface area contributed by atoms with Crippen LogP contribution in [-0.4, -0.2) is 37.3 Å². The van der Waals surface area contributed by atoms with E-state index < -0.39 is 8.32 Å². The zero-order valence-corrected chi connectivity index (χ0v) is 11.7. The second-order valence-corrected chi connectivity index (χ2v) is 9.78. The van der Waals surface area contributed by atoms with Crippen LogP contribution in [0.5, 0.6) is 0 Å². The summed E-state index contributed by atoms with van der Waals surface area (Å²) >= 11 is 0. The highest BCUT2D eigenvalue weighted by molar-refractivity contribution is 6.71. The number of hydrogen-bond acceptors (Lipinski definition) is 3. The van der Waals surface area contributed by atoms with Gasteiger partial charge in [-0.1, -0.05) is 6.42 Å². The molecule has 1 fully saturated rings. The topological polar surface area (TPSA) is 49.7 Å². The Balaban J connectivity index is 2.61. The molecule has 1 rings (SSSR count). The molecule has 4 heteroatoms. The Bertz CT molecular complexity index is 198. The summed E-state index contributed by atoms with van der Waals surface area (Å²) in [6, 6.07) is 1.24. The minimum absolute atomic E-state index is 0.0422. The van der Waals surface area contributed by atoms with Crippen molar-refractivity contribution in [3.8, 4) is 0 Å². The van der Waals surface area contributed by atoms with Crippen LogP contribution in [0.3, 0.4) is 0 Å². The molecule has 0 saturated carbocycles. The zero-order valence-electron chi connectivity index (χ0n) is 10.7. The summed E-state index contributed by atoms with van der Waals surface area (Å²) in [5, 5.41) is 17.9. The van der Waals surface area contributed by atoms with Crippen molar-refractivity contribution in [2.24, 2.45) is 0 Å². The van der Waals surface area contributed by atoms with Gasteiger partial charge in [0.15, 0.2) is 8.32 Å². The van der Waals surface area contributed by atoms with E-state index in [1.807, 2.05) is 0 Å². The molecule has 0 aliphatic carbocycles. The molecule has 0 unspecified atom stereocenters. The van der Waals surface area contributed by atoms with Crippen LogP contribution < -0.4 is 0 Å². The van der Waals surface area contributed by atoms with E-state index in [0.29, 0.717) is 0 Å². The van der Waals surface area contributed by atoms with Gasteiger partial charge in [-0.25, -0.2) is 0 Å². The molecule has 0 bridgehead atoms. The molecule has 1 aliphatic rings. The van der Waals surface area contributed by atoms with Crippen LogP contribution in [0.25, 0.3) is 0 Å². The van der Waals surface area contributed by atoms with Gasteiger partial charge in [-0.05, 0) is 51.2 Å². The predicted molar refractivity (Wildman–Crippen MR) is 68.0 cm³/mol. The van der Waals surface area contributed by atoms with Crippen molar-refractivity contribution in [1.82, 2.24) is 0 Å². The SMILES string of the molecule is C[Si]1(C)CCCC(CCCO)(CCCO)O1. The fourth-order valence-electron chi connectivity index (χ4n) is 2.80. The van der Waals surface area contributed by atoms with Gasteiger partial charge in [0, 0.05) is 13.2 Å². The van der Waals surface area contributed by atoms with Crippen LogP contribution in [0.2, 0.25) is 19.1 Å². The molecule has 16 heavy (non-hydrogen) atoms. The maximum atomic E-state index is 8.97. The van der Waals surface area contributed by atoms with Crippen LogP contribution in [0, 0.1) is 0 Å². The van der Waals surface area contributed by atoms with Crippen molar-refractivity contribution < 1.29 is 14.6 Å². The van der Waals surface area contributed by atoms with Crippen LogP contribution in [0.15, 0.2) is 0 Å². The lowest BCUT2D eigenvalue weighted by Gasteiger charge is -2.45. The smallest absolute Gasteiger partial charge is 0.187 e. The summed E-state index contributed by atoms with van der Waals surface area (Å²) in [4.78, 5) is 0. The first kappa shape index (κ1) is 14.2. The molecule has 0 atom stereocenters. The van der Waals surface area contributed by atoms with Crippen LogP contribution >= 0.6 is 0 Å². The second kappa shape index (κ2) is 6.14. The normalized spacial score (nSPS) is 23.2. The van der Waals surface area contributed by atoms with Gasteiger partial charge in [0.2, 0.25) is 0 Å². The van der Waals surface area contributed by atoms with Crippen molar-refractivity contribution in [2.45, 2.75) is 63.3 Å². The van der Waals surface area contributed by atoms with E-state index in [0.717, 1.165) is 32.1 Å². The zero-order chi connectivity index (χ0) is 12.1. The van der Waals surface area contributed by atoms with E-state index in [9.17, 15) is 0 Å². The summed E-state index contributed by atoms with van der Waals surface area (Å²) in [6.45, 7) is 5.04. The Morgan fingerprint density at radius 3 is 2.12 bits per heavy atom. The van der Waals surface area contributed by atoms with E-state index in [1.54, 1.807) is 0 Å². The van der Waals surface area contributed by atoms with Crippen LogP contribution in [0.4, 0.5) is 0 Å². The average Bonchev–Trinajstić information content (AvgIpc) is 2.22. The molecule has 1 aliphatic heterocycles. The monoisotopic (exact) mass is 246 g/mol. The molecule has 0 radical (unpaired) electrons. The quantitative estimate of drug-likeness (QED) is 0.707. The first-order chi connectivity index (χ1) is 7.54. The second-order valence-electron chi connectivity index (χ2n) is 5.55. The van der Waals surface area contributed by atoms with Gasteiger partial charge in [-0.3, -0.25) is 0 Å².